The Bertz CT molecular complexity index is 284. The van der Waals surface area contributed by atoms with Crippen LogP contribution in [0.15, 0.2) is 12.2 Å². The fourth-order valence-corrected chi connectivity index (χ4v) is 3.16. The zero-order valence-electron chi connectivity index (χ0n) is 14.6. The highest BCUT2D eigenvalue weighted by molar-refractivity contribution is 6.60. The summed E-state index contributed by atoms with van der Waals surface area (Å²) in [6.45, 7) is 6.90. The Morgan fingerprint density at radius 3 is 1.91 bits per heavy atom. The van der Waals surface area contributed by atoms with Crippen LogP contribution in [0.2, 0.25) is 6.04 Å². The average molecular weight is 355 g/mol. The van der Waals surface area contributed by atoms with Crippen molar-refractivity contribution in [1.29, 1.82) is 0 Å². The summed E-state index contributed by atoms with van der Waals surface area (Å²) < 4.78 is 30.1. The van der Waals surface area contributed by atoms with Crippen LogP contribution in [0, 0.1) is 0 Å². The molecule has 0 bridgehead atoms. The van der Waals surface area contributed by atoms with Gasteiger partial charge in [0, 0.05) is 40.1 Å². The summed E-state index contributed by atoms with van der Waals surface area (Å²) in [4.78, 5) is 11.1. The predicted octanol–water partition coefficient (Wildman–Crippen LogP) is 0.304. The molecule has 0 radical (unpaired) electrons. The van der Waals surface area contributed by atoms with Crippen LogP contribution >= 0.6 is 0 Å². The quantitative estimate of drug-likeness (QED) is 0.229. The van der Waals surface area contributed by atoms with Gasteiger partial charge in [-0.05, 0) is 13.3 Å². The first kappa shape index (κ1) is 23.7. The molecule has 0 unspecified atom stereocenters. The topological polar surface area (TPSA) is 72.5 Å². The normalized spacial score (nSPS) is 10.8. The lowest BCUT2D eigenvalue weighted by molar-refractivity contribution is -0.139. The zero-order valence-corrected chi connectivity index (χ0v) is 17.6. The summed E-state index contributed by atoms with van der Waals surface area (Å²) in [5.74, 6) is -0.375. The van der Waals surface area contributed by atoms with Gasteiger partial charge < -0.3 is 27.2 Å². The third-order valence-electron chi connectivity index (χ3n) is 2.63. The van der Waals surface area contributed by atoms with Gasteiger partial charge in [-0.2, -0.15) is 0 Å². The Labute approximate surface area is 137 Å². The Balaban J connectivity index is 0. The molecular weight excluding hydrogens is 324 g/mol. The van der Waals surface area contributed by atoms with Crippen molar-refractivity contribution in [3.63, 3.8) is 0 Å². The molecular formula is C13H30O7Si2. The van der Waals surface area contributed by atoms with Gasteiger partial charge in [0.15, 0.2) is 0 Å². The van der Waals surface area contributed by atoms with Crippen molar-refractivity contribution < 1.29 is 32.0 Å². The van der Waals surface area contributed by atoms with Crippen LogP contribution in [0.5, 0.6) is 0 Å². The van der Waals surface area contributed by atoms with Gasteiger partial charge in [0.2, 0.25) is 0 Å². The van der Waals surface area contributed by atoms with E-state index < -0.39 is 8.80 Å². The average Bonchev–Trinajstić information content (AvgIpc) is 2.54. The summed E-state index contributed by atoms with van der Waals surface area (Å²) >= 11 is 0. The van der Waals surface area contributed by atoms with Crippen LogP contribution in [0.3, 0.4) is 0 Å². The van der Waals surface area contributed by atoms with Gasteiger partial charge in [-0.15, -0.1) is 0 Å². The first-order chi connectivity index (χ1) is 10.4. The molecule has 0 aromatic heterocycles. The van der Waals surface area contributed by atoms with E-state index in [2.05, 4.69) is 11.3 Å². The molecule has 9 heteroatoms. The minimum Gasteiger partial charge on any atom is -0.462 e. The van der Waals surface area contributed by atoms with Gasteiger partial charge in [0.25, 0.3) is 0 Å². The Morgan fingerprint density at radius 2 is 1.59 bits per heavy atom. The lowest BCUT2D eigenvalue weighted by Gasteiger charge is -2.24. The molecule has 7 nitrogen and oxygen atoms in total. The molecule has 0 spiro atoms. The number of carbonyl (C=O) groups excluding carboxylic acids is 1. The first-order valence-electron chi connectivity index (χ1n) is 6.88. The van der Waals surface area contributed by atoms with Crippen LogP contribution < -0.4 is 0 Å². The maximum absolute atomic E-state index is 11.1. The maximum Gasteiger partial charge on any atom is 0.500 e. The smallest absolute Gasteiger partial charge is 0.462 e. The maximum atomic E-state index is 11.1. The van der Waals surface area contributed by atoms with Gasteiger partial charge in [-0.25, -0.2) is 4.79 Å². The molecule has 0 aliphatic rings. The van der Waals surface area contributed by atoms with Crippen molar-refractivity contribution >= 4 is 25.3 Å². The number of carbonyl (C=O) groups is 1. The molecule has 0 fully saturated rings. The second-order valence-electron chi connectivity index (χ2n) is 4.30. The highest BCUT2D eigenvalue weighted by Crippen LogP contribution is 2.14. The Morgan fingerprint density at radius 1 is 1.05 bits per heavy atom. The van der Waals surface area contributed by atoms with Crippen molar-refractivity contribution in [1.82, 2.24) is 0 Å². The molecule has 0 aromatic rings. The molecule has 0 aliphatic carbocycles. The standard InChI is InChI=1S/C10H20O5Si.C3H10O2Si/c1-9(2)10(11)15-7-6-8-16(12-3,13-4)14-5;1-4-2-3-5-6/h1,6-8H2,2-5H3;2-3H2,1,6H3. The monoisotopic (exact) mass is 354 g/mol. The summed E-state index contributed by atoms with van der Waals surface area (Å²) in [5, 5.41) is 0. The predicted molar refractivity (Wildman–Crippen MR) is 89.7 cm³/mol. The number of rotatable bonds is 11. The SMILES string of the molecule is C=C(C)C(=O)OCCC[Si](OC)(OC)OC.COCCO[SiH3]. The summed E-state index contributed by atoms with van der Waals surface area (Å²) in [5.41, 5.74) is 0.397. The molecule has 0 saturated carbocycles. The highest BCUT2D eigenvalue weighted by atomic mass is 28.4. The number of esters is 1. The molecule has 132 valence electrons. The van der Waals surface area contributed by atoms with Gasteiger partial charge in [-0.3, -0.25) is 0 Å². The van der Waals surface area contributed by atoms with E-state index in [0.29, 0.717) is 24.6 Å². The largest absolute Gasteiger partial charge is 0.500 e. The van der Waals surface area contributed by atoms with Crippen molar-refractivity contribution in [3.05, 3.63) is 12.2 Å². The van der Waals surface area contributed by atoms with Crippen molar-refractivity contribution in [2.75, 3.05) is 48.3 Å². The molecule has 0 aliphatic heterocycles. The first-order valence-corrected chi connectivity index (χ1v) is 9.63. The zero-order chi connectivity index (χ0) is 17.4. The second-order valence-corrected chi connectivity index (χ2v) is 7.97. The van der Waals surface area contributed by atoms with Gasteiger partial charge in [-0.1, -0.05) is 6.58 Å². The van der Waals surface area contributed by atoms with Crippen LogP contribution in [0.1, 0.15) is 13.3 Å². The van der Waals surface area contributed by atoms with E-state index in [9.17, 15) is 4.79 Å². The Hall–Kier alpha value is -0.556. The van der Waals surface area contributed by atoms with E-state index in [0.717, 1.165) is 23.7 Å². The van der Waals surface area contributed by atoms with Gasteiger partial charge >= 0.3 is 14.8 Å². The van der Waals surface area contributed by atoms with Crippen LogP contribution in [-0.2, 0) is 32.0 Å². The van der Waals surface area contributed by atoms with Crippen LogP contribution in [0.4, 0.5) is 0 Å². The molecule has 0 heterocycles. The van der Waals surface area contributed by atoms with Gasteiger partial charge in [0.05, 0.1) is 19.8 Å². The molecule has 0 amide bonds. The highest BCUT2D eigenvalue weighted by Gasteiger charge is 2.36. The van der Waals surface area contributed by atoms with Crippen molar-refractivity contribution in [2.45, 2.75) is 19.4 Å². The summed E-state index contributed by atoms with van der Waals surface area (Å²) in [6, 6.07) is 0.611. The van der Waals surface area contributed by atoms with E-state index in [-0.39, 0.29) is 5.97 Å². The Kier molecular flexibility index (Phi) is 16.5. The fourth-order valence-electron chi connectivity index (χ4n) is 1.30. The molecule has 22 heavy (non-hydrogen) atoms. The minimum absolute atomic E-state index is 0.316. The minimum atomic E-state index is -2.53. The molecule has 0 saturated heterocycles. The van der Waals surface area contributed by atoms with E-state index in [1.165, 1.54) is 0 Å². The number of ether oxygens (including phenoxy) is 2. The lowest BCUT2D eigenvalue weighted by Crippen LogP contribution is -2.42. The van der Waals surface area contributed by atoms with Gasteiger partial charge in [0.1, 0.15) is 10.5 Å². The number of hydrogen-bond acceptors (Lipinski definition) is 7. The third-order valence-corrected chi connectivity index (χ3v) is 5.87. The fraction of sp³-hybridized carbons (Fsp3) is 0.769. The molecule has 0 aromatic carbocycles. The number of methoxy groups -OCH3 is 1. The second kappa shape index (κ2) is 15.3. The summed E-state index contributed by atoms with van der Waals surface area (Å²) in [6.07, 6.45) is 0.640. The van der Waals surface area contributed by atoms with E-state index in [1.807, 2.05) is 0 Å². The third kappa shape index (κ3) is 12.0. The van der Waals surface area contributed by atoms with E-state index >= 15 is 0 Å². The van der Waals surface area contributed by atoms with E-state index in [1.54, 1.807) is 35.4 Å². The molecule has 0 N–H and O–H groups in total. The van der Waals surface area contributed by atoms with Crippen LogP contribution in [-0.4, -0.2) is 73.5 Å². The van der Waals surface area contributed by atoms with Crippen molar-refractivity contribution in [3.8, 4) is 0 Å². The summed E-state index contributed by atoms with van der Waals surface area (Å²) in [7, 11) is 4.62. The van der Waals surface area contributed by atoms with Crippen LogP contribution in [0.25, 0.3) is 0 Å². The van der Waals surface area contributed by atoms with Crippen molar-refractivity contribution in [2.24, 2.45) is 0 Å². The lowest BCUT2D eigenvalue weighted by atomic mass is 10.4. The molecule has 0 rings (SSSR count). The number of hydrogen-bond donors (Lipinski definition) is 0. The van der Waals surface area contributed by atoms with E-state index in [4.69, 9.17) is 22.4 Å². The molecule has 0 atom stereocenters.